The Bertz CT molecular complexity index is 424. The zero-order chi connectivity index (χ0) is 13.4. The highest BCUT2D eigenvalue weighted by Gasteiger charge is 2.07. The first-order valence-electron chi connectivity index (χ1n) is 6.00. The lowest BCUT2D eigenvalue weighted by molar-refractivity contribution is 0.0951. The van der Waals surface area contributed by atoms with E-state index in [0.717, 1.165) is 12.2 Å². The summed E-state index contributed by atoms with van der Waals surface area (Å²) in [4.78, 5) is 15.8. The zero-order valence-corrected chi connectivity index (χ0v) is 11.5. The van der Waals surface area contributed by atoms with E-state index in [1.807, 2.05) is 19.9 Å². The molecule has 0 aliphatic heterocycles. The molecular weight excluding hydrogens is 250 g/mol. The van der Waals surface area contributed by atoms with Crippen LogP contribution < -0.4 is 10.6 Å². The number of hydrogen-bond donors (Lipinski definition) is 2. The molecule has 0 radical (unpaired) electrons. The number of carbonyl (C=O) groups excluding carboxylic acids is 1. The summed E-state index contributed by atoms with van der Waals surface area (Å²) < 4.78 is 11.2. The SMILES string of the molecule is CCNc1ccnc(C(=O)NCCS(=O)CC)c1. The Labute approximate surface area is 110 Å². The summed E-state index contributed by atoms with van der Waals surface area (Å²) in [7, 11) is -0.855. The minimum absolute atomic E-state index is 0.233. The number of hydrogen-bond acceptors (Lipinski definition) is 4. The normalized spacial score (nSPS) is 11.9. The van der Waals surface area contributed by atoms with Gasteiger partial charge in [-0.15, -0.1) is 0 Å². The maximum atomic E-state index is 11.8. The number of aromatic nitrogens is 1. The van der Waals surface area contributed by atoms with Crippen LogP contribution in [-0.4, -0.2) is 39.7 Å². The van der Waals surface area contributed by atoms with Crippen LogP contribution in [0.3, 0.4) is 0 Å². The highest BCUT2D eigenvalue weighted by molar-refractivity contribution is 7.84. The van der Waals surface area contributed by atoms with Crippen molar-refractivity contribution >= 4 is 22.4 Å². The van der Waals surface area contributed by atoms with Gasteiger partial charge in [0.25, 0.3) is 5.91 Å². The van der Waals surface area contributed by atoms with Gasteiger partial charge in [-0.25, -0.2) is 0 Å². The van der Waals surface area contributed by atoms with Crippen molar-refractivity contribution in [3.05, 3.63) is 24.0 Å². The second-order valence-corrected chi connectivity index (χ2v) is 5.51. The molecule has 6 heteroatoms. The monoisotopic (exact) mass is 269 g/mol. The molecule has 0 aliphatic rings. The predicted molar refractivity (Wildman–Crippen MR) is 74.3 cm³/mol. The maximum Gasteiger partial charge on any atom is 0.269 e. The zero-order valence-electron chi connectivity index (χ0n) is 10.7. The lowest BCUT2D eigenvalue weighted by atomic mass is 10.3. The second kappa shape index (κ2) is 7.81. The molecule has 0 saturated carbocycles. The molecular formula is C12H19N3O2S. The summed E-state index contributed by atoms with van der Waals surface area (Å²) in [6.45, 7) is 5.05. The fourth-order valence-corrected chi connectivity index (χ4v) is 2.00. The van der Waals surface area contributed by atoms with E-state index in [2.05, 4.69) is 15.6 Å². The molecule has 1 heterocycles. The van der Waals surface area contributed by atoms with Crippen molar-refractivity contribution < 1.29 is 9.00 Å². The van der Waals surface area contributed by atoms with E-state index in [9.17, 15) is 9.00 Å². The Morgan fingerprint density at radius 3 is 2.89 bits per heavy atom. The van der Waals surface area contributed by atoms with Crippen LogP contribution in [0.25, 0.3) is 0 Å². The van der Waals surface area contributed by atoms with Crippen LogP contribution in [0.5, 0.6) is 0 Å². The summed E-state index contributed by atoms with van der Waals surface area (Å²) in [5.41, 5.74) is 1.24. The topological polar surface area (TPSA) is 71.1 Å². The first-order valence-corrected chi connectivity index (χ1v) is 7.49. The Kier molecular flexibility index (Phi) is 6.35. The van der Waals surface area contributed by atoms with Crippen LogP contribution in [0.4, 0.5) is 5.69 Å². The van der Waals surface area contributed by atoms with E-state index >= 15 is 0 Å². The quantitative estimate of drug-likeness (QED) is 0.775. The molecule has 1 unspecified atom stereocenters. The molecule has 1 amide bonds. The van der Waals surface area contributed by atoms with Gasteiger partial charge < -0.3 is 10.6 Å². The third kappa shape index (κ3) is 4.83. The fourth-order valence-electron chi connectivity index (χ4n) is 1.38. The smallest absolute Gasteiger partial charge is 0.269 e. The van der Waals surface area contributed by atoms with Gasteiger partial charge in [-0.2, -0.15) is 0 Å². The molecule has 0 spiro atoms. The molecule has 0 bridgehead atoms. The number of rotatable bonds is 7. The molecule has 1 aromatic rings. The minimum atomic E-state index is -0.855. The molecule has 0 aliphatic carbocycles. The predicted octanol–water partition coefficient (Wildman–Crippen LogP) is 1.01. The molecule has 1 rings (SSSR count). The third-order valence-corrected chi connectivity index (χ3v) is 3.61. The fraction of sp³-hybridized carbons (Fsp3) is 0.500. The molecule has 0 aromatic carbocycles. The number of pyridine rings is 1. The lowest BCUT2D eigenvalue weighted by Crippen LogP contribution is -2.28. The second-order valence-electron chi connectivity index (χ2n) is 3.65. The van der Waals surface area contributed by atoms with Gasteiger partial charge in [-0.1, -0.05) is 6.92 Å². The van der Waals surface area contributed by atoms with Crippen molar-refractivity contribution in [1.82, 2.24) is 10.3 Å². The summed E-state index contributed by atoms with van der Waals surface area (Å²) in [5, 5.41) is 5.83. The van der Waals surface area contributed by atoms with Gasteiger partial charge in [0.05, 0.1) is 0 Å². The van der Waals surface area contributed by atoms with Crippen LogP contribution in [0, 0.1) is 0 Å². The molecule has 0 fully saturated rings. The van der Waals surface area contributed by atoms with Gasteiger partial charge in [-0.3, -0.25) is 14.0 Å². The van der Waals surface area contributed by atoms with Gasteiger partial charge in [-0.05, 0) is 19.1 Å². The van der Waals surface area contributed by atoms with E-state index in [1.165, 1.54) is 0 Å². The first kappa shape index (κ1) is 14.6. The average molecular weight is 269 g/mol. The lowest BCUT2D eigenvalue weighted by Gasteiger charge is -2.06. The molecule has 1 atom stereocenters. The minimum Gasteiger partial charge on any atom is -0.385 e. The number of anilines is 1. The Morgan fingerprint density at radius 2 is 2.22 bits per heavy atom. The van der Waals surface area contributed by atoms with E-state index in [4.69, 9.17) is 0 Å². The van der Waals surface area contributed by atoms with Crippen LogP contribution in [0.15, 0.2) is 18.3 Å². The van der Waals surface area contributed by atoms with Gasteiger partial charge in [0.2, 0.25) is 0 Å². The molecule has 18 heavy (non-hydrogen) atoms. The number of nitrogens with zero attached hydrogens (tertiary/aromatic N) is 1. The van der Waals surface area contributed by atoms with E-state index in [1.54, 1.807) is 12.3 Å². The number of nitrogens with one attached hydrogen (secondary N) is 2. The average Bonchev–Trinajstić information content (AvgIpc) is 2.39. The molecule has 100 valence electrons. The summed E-state index contributed by atoms with van der Waals surface area (Å²) in [6.07, 6.45) is 1.59. The van der Waals surface area contributed by atoms with Crippen LogP contribution in [0.1, 0.15) is 24.3 Å². The van der Waals surface area contributed by atoms with Crippen molar-refractivity contribution in [2.45, 2.75) is 13.8 Å². The van der Waals surface area contributed by atoms with E-state index in [0.29, 0.717) is 23.7 Å². The maximum absolute atomic E-state index is 11.8. The van der Waals surface area contributed by atoms with Crippen molar-refractivity contribution in [3.8, 4) is 0 Å². The van der Waals surface area contributed by atoms with Crippen LogP contribution in [0.2, 0.25) is 0 Å². The Hall–Kier alpha value is -1.43. The van der Waals surface area contributed by atoms with Crippen molar-refractivity contribution in [1.29, 1.82) is 0 Å². The van der Waals surface area contributed by atoms with E-state index < -0.39 is 10.8 Å². The molecule has 1 aromatic heterocycles. The van der Waals surface area contributed by atoms with Crippen LogP contribution in [-0.2, 0) is 10.8 Å². The third-order valence-electron chi connectivity index (χ3n) is 2.31. The summed E-state index contributed by atoms with van der Waals surface area (Å²) >= 11 is 0. The first-order chi connectivity index (χ1) is 8.67. The van der Waals surface area contributed by atoms with Crippen LogP contribution >= 0.6 is 0 Å². The Balaban J connectivity index is 2.50. The molecule has 2 N–H and O–H groups in total. The largest absolute Gasteiger partial charge is 0.385 e. The summed E-state index contributed by atoms with van der Waals surface area (Å²) in [6, 6.07) is 3.52. The van der Waals surface area contributed by atoms with Crippen molar-refractivity contribution in [2.75, 3.05) is 29.9 Å². The number of carbonyl (C=O) groups is 1. The van der Waals surface area contributed by atoms with E-state index in [-0.39, 0.29) is 5.91 Å². The van der Waals surface area contributed by atoms with Gasteiger partial charge in [0.15, 0.2) is 0 Å². The van der Waals surface area contributed by atoms with Gasteiger partial charge in [0, 0.05) is 47.3 Å². The van der Waals surface area contributed by atoms with Crippen molar-refractivity contribution in [3.63, 3.8) is 0 Å². The highest BCUT2D eigenvalue weighted by Crippen LogP contribution is 2.07. The van der Waals surface area contributed by atoms with Crippen molar-refractivity contribution in [2.24, 2.45) is 0 Å². The van der Waals surface area contributed by atoms with Gasteiger partial charge in [0.1, 0.15) is 5.69 Å². The number of amides is 1. The molecule has 0 saturated heterocycles. The Morgan fingerprint density at radius 1 is 1.44 bits per heavy atom. The molecule has 5 nitrogen and oxygen atoms in total. The summed E-state index contributed by atoms with van der Waals surface area (Å²) in [5.74, 6) is 0.863. The van der Waals surface area contributed by atoms with Gasteiger partial charge >= 0.3 is 0 Å². The highest BCUT2D eigenvalue weighted by atomic mass is 32.2. The standard InChI is InChI=1S/C12H19N3O2S/c1-3-13-10-5-6-14-11(9-10)12(16)15-7-8-18(17)4-2/h5-6,9H,3-4,7-8H2,1-2H3,(H,13,14)(H,15,16).